The number of pyridine rings is 1. The predicted octanol–water partition coefficient (Wildman–Crippen LogP) is 2.95. The maximum absolute atomic E-state index is 13.7. The Morgan fingerprint density at radius 1 is 1.28 bits per heavy atom. The number of carbonyl (C=O) groups is 1. The molecule has 1 aromatic rings. The Labute approximate surface area is 190 Å². The molecule has 2 saturated heterocycles. The lowest BCUT2D eigenvalue weighted by Gasteiger charge is -2.45. The summed E-state index contributed by atoms with van der Waals surface area (Å²) in [6.07, 6.45) is 8.79. The van der Waals surface area contributed by atoms with Crippen molar-refractivity contribution in [1.82, 2.24) is 14.8 Å². The molecule has 3 aliphatic rings. The number of carbonyl (C=O) groups excluding carboxylic acids is 1. The fourth-order valence-electron chi connectivity index (χ4n) is 5.51. The number of nitrogens with one attached hydrogen (secondary N) is 1. The first kappa shape index (κ1) is 22.6. The molecule has 0 aliphatic carbocycles. The summed E-state index contributed by atoms with van der Waals surface area (Å²) in [6, 6.07) is 4.53. The lowest BCUT2D eigenvalue weighted by molar-refractivity contribution is -0.127. The summed E-state index contributed by atoms with van der Waals surface area (Å²) in [6.45, 7) is 7.75. The normalized spacial score (nSPS) is 22.2. The number of amides is 1. The second-order valence-corrected chi connectivity index (χ2v) is 9.35. The number of hydrogen-bond acceptors (Lipinski definition) is 7. The zero-order chi connectivity index (χ0) is 22.7. The zero-order valence-corrected chi connectivity index (χ0v) is 19.4. The van der Waals surface area contributed by atoms with E-state index in [0.29, 0.717) is 26.4 Å². The van der Waals surface area contributed by atoms with Gasteiger partial charge in [-0.1, -0.05) is 0 Å². The molecule has 172 valence electrons. The highest BCUT2D eigenvalue weighted by molar-refractivity contribution is 5.99. The summed E-state index contributed by atoms with van der Waals surface area (Å²) in [4.78, 5) is 24.2. The van der Waals surface area contributed by atoms with Crippen molar-refractivity contribution in [3.05, 3.63) is 29.7 Å². The molecule has 1 amide bonds. The number of nitrogens with zero attached hydrogens (tertiary/aromatic N) is 5. The highest BCUT2D eigenvalue weighted by atomic mass is 16.5. The van der Waals surface area contributed by atoms with Crippen LogP contribution in [0.2, 0.25) is 0 Å². The van der Waals surface area contributed by atoms with E-state index >= 15 is 0 Å². The van der Waals surface area contributed by atoms with Crippen LogP contribution in [0.25, 0.3) is 0 Å². The van der Waals surface area contributed by atoms with Gasteiger partial charge in [0.1, 0.15) is 11.6 Å². The van der Waals surface area contributed by atoms with Gasteiger partial charge in [0.2, 0.25) is 0 Å². The number of nitriles is 1. The lowest BCUT2D eigenvalue weighted by Crippen LogP contribution is -2.54. The quantitative estimate of drug-likeness (QED) is 0.540. The number of piperidine rings is 1. The van der Waals surface area contributed by atoms with Gasteiger partial charge in [-0.3, -0.25) is 14.7 Å². The maximum Gasteiger partial charge on any atom is 0.266 e. The molecule has 8 heteroatoms. The summed E-state index contributed by atoms with van der Waals surface area (Å²) < 4.78 is 5.51. The number of likely N-dealkylation sites (tertiary alicyclic amines) is 2. The van der Waals surface area contributed by atoms with Crippen LogP contribution in [0.15, 0.2) is 29.7 Å². The van der Waals surface area contributed by atoms with E-state index in [-0.39, 0.29) is 17.5 Å². The minimum absolute atomic E-state index is 0.153. The molecule has 0 saturated carbocycles. The Morgan fingerprint density at radius 3 is 2.78 bits per heavy atom. The summed E-state index contributed by atoms with van der Waals surface area (Å²) in [7, 11) is 1.73. The molecule has 4 rings (SSSR count). The van der Waals surface area contributed by atoms with Gasteiger partial charge in [-0.05, 0) is 58.6 Å². The van der Waals surface area contributed by atoms with Crippen LogP contribution in [0, 0.1) is 11.3 Å². The molecule has 4 heterocycles. The van der Waals surface area contributed by atoms with E-state index in [1.54, 1.807) is 19.5 Å². The minimum atomic E-state index is -0.539. The van der Waals surface area contributed by atoms with Crippen LogP contribution in [-0.4, -0.2) is 72.3 Å². The van der Waals surface area contributed by atoms with Crippen molar-refractivity contribution in [2.75, 3.05) is 50.2 Å². The van der Waals surface area contributed by atoms with Crippen LogP contribution in [-0.2, 0) is 9.53 Å². The van der Waals surface area contributed by atoms with E-state index in [4.69, 9.17) is 4.74 Å². The zero-order valence-electron chi connectivity index (χ0n) is 19.4. The molecule has 0 unspecified atom stereocenters. The average Bonchev–Trinajstić information content (AvgIpc) is 3.45. The first-order chi connectivity index (χ1) is 15.5. The van der Waals surface area contributed by atoms with E-state index in [9.17, 15) is 10.1 Å². The fourth-order valence-corrected chi connectivity index (χ4v) is 5.51. The average molecular weight is 439 g/mol. The molecular weight excluding hydrogens is 404 g/mol. The van der Waals surface area contributed by atoms with Crippen LogP contribution in [0.5, 0.6) is 0 Å². The molecule has 1 atom stereocenters. The number of aromatic nitrogens is 1. The van der Waals surface area contributed by atoms with Crippen molar-refractivity contribution in [1.29, 1.82) is 5.26 Å². The van der Waals surface area contributed by atoms with E-state index in [1.165, 1.54) is 0 Å². The second-order valence-electron chi connectivity index (χ2n) is 9.35. The summed E-state index contributed by atoms with van der Waals surface area (Å²) >= 11 is 0. The fraction of sp³-hybridized carbons (Fsp3) is 0.625. The van der Waals surface area contributed by atoms with Crippen molar-refractivity contribution >= 4 is 17.3 Å². The van der Waals surface area contributed by atoms with Gasteiger partial charge in [0.05, 0.1) is 42.1 Å². The number of ether oxygens (including phenoxy) is 1. The van der Waals surface area contributed by atoms with E-state index < -0.39 is 5.54 Å². The first-order valence-corrected chi connectivity index (χ1v) is 11.6. The molecule has 2 fully saturated rings. The number of hydrogen-bond donors (Lipinski definition) is 1. The standard InChI is InChI=1S/C24H34N6O2/c1-24(2,30-13-7-8-18(30)16-32-3)22(29-17-27-20-15-26-10-9-21(20)29)19(14-25)23(31)28-11-5-4-6-12-28/h9-10,15,18,27H,4-8,11-13,16-17H2,1-3H3/t18-/m1/s1. The molecule has 0 aromatic carbocycles. The summed E-state index contributed by atoms with van der Waals surface area (Å²) in [5, 5.41) is 13.7. The minimum Gasteiger partial charge on any atom is -0.383 e. The molecule has 1 aromatic heterocycles. The van der Waals surface area contributed by atoms with Crippen molar-refractivity contribution in [2.45, 2.75) is 57.5 Å². The smallest absolute Gasteiger partial charge is 0.266 e. The first-order valence-electron chi connectivity index (χ1n) is 11.6. The Kier molecular flexibility index (Phi) is 6.68. The summed E-state index contributed by atoms with van der Waals surface area (Å²) in [5.74, 6) is -0.153. The van der Waals surface area contributed by atoms with Crippen LogP contribution >= 0.6 is 0 Å². The van der Waals surface area contributed by atoms with Gasteiger partial charge in [0.25, 0.3) is 5.91 Å². The van der Waals surface area contributed by atoms with Gasteiger partial charge in [-0.25, -0.2) is 0 Å². The maximum atomic E-state index is 13.7. The van der Waals surface area contributed by atoms with Crippen molar-refractivity contribution < 1.29 is 9.53 Å². The SMILES string of the molecule is COC[C@H]1CCCN1C(C)(C)C(=C(C#N)C(=O)N1CCCCC1)N1CNc2cnccc21. The molecule has 0 bridgehead atoms. The largest absolute Gasteiger partial charge is 0.383 e. The molecule has 1 N–H and O–H groups in total. The molecule has 0 radical (unpaired) electrons. The number of anilines is 2. The highest BCUT2D eigenvalue weighted by Gasteiger charge is 2.45. The monoisotopic (exact) mass is 438 g/mol. The number of fused-ring (bicyclic) bond motifs is 1. The van der Waals surface area contributed by atoms with Crippen LogP contribution in [0.1, 0.15) is 46.0 Å². The molecule has 0 spiro atoms. The second kappa shape index (κ2) is 9.47. The Morgan fingerprint density at radius 2 is 2.06 bits per heavy atom. The highest BCUT2D eigenvalue weighted by Crippen LogP contribution is 2.41. The van der Waals surface area contributed by atoms with Gasteiger partial charge in [0.15, 0.2) is 0 Å². The van der Waals surface area contributed by atoms with Gasteiger partial charge < -0.3 is 19.9 Å². The Balaban J connectivity index is 1.82. The van der Waals surface area contributed by atoms with Gasteiger partial charge in [0, 0.05) is 32.4 Å². The van der Waals surface area contributed by atoms with Crippen LogP contribution in [0.3, 0.4) is 0 Å². The van der Waals surface area contributed by atoms with Crippen LogP contribution < -0.4 is 10.2 Å². The third-order valence-electron chi connectivity index (χ3n) is 7.03. The third kappa shape index (κ3) is 4.07. The topological polar surface area (TPSA) is 84.7 Å². The van der Waals surface area contributed by atoms with E-state index in [2.05, 4.69) is 40.0 Å². The van der Waals surface area contributed by atoms with Crippen molar-refractivity contribution in [3.8, 4) is 6.07 Å². The number of methoxy groups -OCH3 is 1. The van der Waals surface area contributed by atoms with Crippen LogP contribution in [0.4, 0.5) is 11.4 Å². The van der Waals surface area contributed by atoms with E-state index in [0.717, 1.165) is 55.7 Å². The van der Waals surface area contributed by atoms with Gasteiger partial charge >= 0.3 is 0 Å². The van der Waals surface area contributed by atoms with E-state index in [1.807, 2.05) is 11.0 Å². The lowest BCUT2D eigenvalue weighted by atomic mass is 9.90. The van der Waals surface area contributed by atoms with Gasteiger partial charge in [-0.15, -0.1) is 0 Å². The van der Waals surface area contributed by atoms with Gasteiger partial charge in [-0.2, -0.15) is 5.26 Å². The Hall–Kier alpha value is -2.63. The van der Waals surface area contributed by atoms with Crippen molar-refractivity contribution in [2.24, 2.45) is 0 Å². The third-order valence-corrected chi connectivity index (χ3v) is 7.03. The molecule has 8 nitrogen and oxygen atoms in total. The molecule has 3 aliphatic heterocycles. The summed E-state index contributed by atoms with van der Waals surface area (Å²) in [5.41, 5.74) is 2.33. The molecule has 32 heavy (non-hydrogen) atoms. The van der Waals surface area contributed by atoms with Crippen molar-refractivity contribution in [3.63, 3.8) is 0 Å². The molecular formula is C24H34N6O2. The number of rotatable bonds is 6. The predicted molar refractivity (Wildman–Crippen MR) is 124 cm³/mol. The Bertz CT molecular complexity index is 915.